The monoisotopic (exact) mass is 263 g/mol. The van der Waals surface area contributed by atoms with E-state index in [-0.39, 0.29) is 6.04 Å². The van der Waals surface area contributed by atoms with Gasteiger partial charge >= 0.3 is 0 Å². The van der Waals surface area contributed by atoms with Gasteiger partial charge < -0.3 is 16.5 Å². The highest BCUT2D eigenvalue weighted by Crippen LogP contribution is 2.29. The normalized spacial score (nSPS) is 17.6. The summed E-state index contributed by atoms with van der Waals surface area (Å²) in [6.07, 6.45) is 5.17. The number of hydrogen-bond donors (Lipinski definition) is 3. The predicted molar refractivity (Wildman–Crippen MR) is 77.0 cm³/mol. The molecule has 18 heavy (non-hydrogen) atoms. The average Bonchev–Trinajstić information content (AvgIpc) is 3.14. The highest BCUT2D eigenvalue weighted by molar-refractivity contribution is 6.31. The molecule has 0 radical (unpaired) electrons. The molecule has 0 aromatic heterocycles. The van der Waals surface area contributed by atoms with Crippen LogP contribution in [0.15, 0.2) is 24.4 Å². The lowest BCUT2D eigenvalue weighted by molar-refractivity contribution is 0.571. The van der Waals surface area contributed by atoms with E-state index in [1.165, 1.54) is 25.3 Å². The fourth-order valence-corrected chi connectivity index (χ4v) is 2.32. The first-order chi connectivity index (χ1) is 8.65. The second-order valence-electron chi connectivity index (χ2n) is 4.67. The van der Waals surface area contributed by atoms with Crippen molar-refractivity contribution in [2.45, 2.75) is 31.8 Å². The molecule has 0 saturated heterocycles. The van der Waals surface area contributed by atoms with Gasteiger partial charge in [0.1, 0.15) is 0 Å². The molecule has 0 aliphatic heterocycles. The fourth-order valence-electron chi connectivity index (χ4n) is 1.98. The molecule has 1 unspecified atom stereocenters. The third-order valence-corrected chi connectivity index (χ3v) is 3.53. The van der Waals surface area contributed by atoms with E-state index in [9.17, 15) is 0 Å². The molecule has 3 nitrogen and oxygen atoms in total. The molecule has 1 aromatic rings. The van der Waals surface area contributed by atoms with Crippen LogP contribution in [0.4, 0.5) is 0 Å². The summed E-state index contributed by atoms with van der Waals surface area (Å²) in [5.74, 6) is 0. The van der Waals surface area contributed by atoms with Gasteiger partial charge in [-0.2, -0.15) is 0 Å². The Balaban J connectivity index is 2.20. The molecule has 0 spiro atoms. The first kappa shape index (κ1) is 13.1. The molecule has 1 fully saturated rings. The van der Waals surface area contributed by atoms with Crippen LogP contribution < -0.4 is 11.1 Å². The molecule has 0 heterocycles. The lowest BCUT2D eigenvalue weighted by atomic mass is 10.0. The van der Waals surface area contributed by atoms with Crippen molar-refractivity contribution in [3.8, 4) is 0 Å². The number of rotatable bonds is 5. The van der Waals surface area contributed by atoms with Crippen LogP contribution >= 0.6 is 11.6 Å². The molecule has 0 amide bonds. The maximum absolute atomic E-state index is 7.28. The third kappa shape index (κ3) is 2.92. The van der Waals surface area contributed by atoms with E-state index < -0.39 is 0 Å². The summed E-state index contributed by atoms with van der Waals surface area (Å²) < 4.78 is 0. The van der Waals surface area contributed by atoms with E-state index in [0.29, 0.717) is 16.6 Å². The largest absolute Gasteiger partial charge is 0.404 e. The molecule has 96 valence electrons. The Labute approximate surface area is 113 Å². The predicted octanol–water partition coefficient (Wildman–Crippen LogP) is 3.10. The Hall–Kier alpha value is -1.32. The number of allylic oxidation sites excluding steroid dienone is 1. The second kappa shape index (κ2) is 5.55. The van der Waals surface area contributed by atoms with Crippen molar-refractivity contribution in [3.05, 3.63) is 40.5 Å². The summed E-state index contributed by atoms with van der Waals surface area (Å²) in [6.45, 7) is 2.12. The van der Waals surface area contributed by atoms with Crippen molar-refractivity contribution >= 4 is 23.4 Å². The smallest absolute Gasteiger partial charge is 0.0459 e. The van der Waals surface area contributed by atoms with Crippen molar-refractivity contribution in [3.63, 3.8) is 0 Å². The van der Waals surface area contributed by atoms with Crippen molar-refractivity contribution < 1.29 is 0 Å². The summed E-state index contributed by atoms with van der Waals surface area (Å²) in [5, 5.41) is 11.5. The molecule has 2 rings (SSSR count). The Bertz CT molecular complexity index is 478. The van der Waals surface area contributed by atoms with Crippen LogP contribution in [0.25, 0.3) is 5.57 Å². The van der Waals surface area contributed by atoms with Gasteiger partial charge in [-0.05, 0) is 37.0 Å². The molecule has 1 saturated carbocycles. The number of nitrogens with one attached hydrogen (secondary N) is 2. The topological polar surface area (TPSA) is 61.9 Å². The number of nitrogens with two attached hydrogens (primary N) is 1. The van der Waals surface area contributed by atoms with E-state index >= 15 is 0 Å². The summed E-state index contributed by atoms with van der Waals surface area (Å²) >= 11 is 6.30. The Morgan fingerprint density at radius 1 is 1.56 bits per heavy atom. The van der Waals surface area contributed by atoms with Gasteiger partial charge in [0.15, 0.2) is 0 Å². The van der Waals surface area contributed by atoms with E-state index in [1.807, 2.05) is 18.2 Å². The van der Waals surface area contributed by atoms with Gasteiger partial charge in [-0.25, -0.2) is 0 Å². The number of benzene rings is 1. The lowest BCUT2D eigenvalue weighted by Gasteiger charge is -2.16. The second-order valence-corrected chi connectivity index (χ2v) is 5.07. The molecule has 1 aliphatic carbocycles. The van der Waals surface area contributed by atoms with Crippen molar-refractivity contribution in [1.82, 2.24) is 5.32 Å². The van der Waals surface area contributed by atoms with E-state index in [0.717, 1.165) is 11.1 Å². The van der Waals surface area contributed by atoms with Gasteiger partial charge in [0.2, 0.25) is 0 Å². The average molecular weight is 264 g/mol. The molecule has 4 heteroatoms. The van der Waals surface area contributed by atoms with Crippen LogP contribution in [0.1, 0.15) is 36.9 Å². The standard InChI is InChI=1S/C14H18ClN3/c1-9(18-12-3-4-12)13-5-2-10(6-14(13)15)11(7-16)8-17/h2,5-9,12,16,18H,3-4,17H2,1H3/b11-8+,16-7?. The van der Waals surface area contributed by atoms with Crippen LogP contribution in [0, 0.1) is 5.41 Å². The highest BCUT2D eigenvalue weighted by atomic mass is 35.5. The SMILES string of the molecule is CC(NC1CC1)c1ccc(/C(C=N)=C/N)cc1Cl. The summed E-state index contributed by atoms with van der Waals surface area (Å²) in [7, 11) is 0. The molecular formula is C14H18ClN3. The van der Waals surface area contributed by atoms with E-state index in [1.54, 1.807) is 0 Å². The molecule has 1 aliphatic rings. The first-order valence-corrected chi connectivity index (χ1v) is 6.51. The van der Waals surface area contributed by atoms with Crippen LogP contribution in [0.5, 0.6) is 0 Å². The summed E-state index contributed by atoms with van der Waals surface area (Å²) in [6, 6.07) is 6.73. The van der Waals surface area contributed by atoms with E-state index in [2.05, 4.69) is 12.2 Å². The molecule has 4 N–H and O–H groups in total. The molecule has 1 atom stereocenters. The maximum Gasteiger partial charge on any atom is 0.0459 e. The van der Waals surface area contributed by atoms with Gasteiger partial charge in [0.25, 0.3) is 0 Å². The van der Waals surface area contributed by atoms with Gasteiger partial charge in [-0.3, -0.25) is 0 Å². The van der Waals surface area contributed by atoms with Crippen molar-refractivity contribution in [2.24, 2.45) is 5.73 Å². The minimum Gasteiger partial charge on any atom is -0.404 e. The Morgan fingerprint density at radius 2 is 2.28 bits per heavy atom. The maximum atomic E-state index is 7.28. The van der Waals surface area contributed by atoms with E-state index in [4.69, 9.17) is 22.7 Å². The molecule has 1 aromatic carbocycles. The summed E-state index contributed by atoms with van der Waals surface area (Å²) in [4.78, 5) is 0. The number of hydrogen-bond acceptors (Lipinski definition) is 3. The number of halogens is 1. The first-order valence-electron chi connectivity index (χ1n) is 6.14. The molecular weight excluding hydrogens is 246 g/mol. The fraction of sp³-hybridized carbons (Fsp3) is 0.357. The van der Waals surface area contributed by atoms with Gasteiger partial charge in [0, 0.05) is 35.1 Å². The van der Waals surface area contributed by atoms with Crippen LogP contribution in [0.3, 0.4) is 0 Å². The highest BCUT2D eigenvalue weighted by Gasteiger charge is 2.24. The zero-order valence-electron chi connectivity index (χ0n) is 10.4. The van der Waals surface area contributed by atoms with Gasteiger partial charge in [-0.1, -0.05) is 23.7 Å². The lowest BCUT2D eigenvalue weighted by Crippen LogP contribution is -2.20. The minimum atomic E-state index is 0.254. The Morgan fingerprint density at radius 3 is 2.78 bits per heavy atom. The minimum absolute atomic E-state index is 0.254. The summed E-state index contributed by atoms with van der Waals surface area (Å²) in [5.41, 5.74) is 8.11. The molecule has 0 bridgehead atoms. The third-order valence-electron chi connectivity index (χ3n) is 3.20. The van der Waals surface area contributed by atoms with Gasteiger partial charge in [0.05, 0.1) is 0 Å². The van der Waals surface area contributed by atoms with Crippen LogP contribution in [-0.4, -0.2) is 12.3 Å². The quantitative estimate of drug-likeness (QED) is 0.715. The Kier molecular flexibility index (Phi) is 4.04. The van der Waals surface area contributed by atoms with Crippen LogP contribution in [0.2, 0.25) is 5.02 Å². The van der Waals surface area contributed by atoms with Gasteiger partial charge in [-0.15, -0.1) is 0 Å². The zero-order valence-corrected chi connectivity index (χ0v) is 11.2. The van der Waals surface area contributed by atoms with Crippen molar-refractivity contribution in [2.75, 3.05) is 0 Å². The van der Waals surface area contributed by atoms with Crippen LogP contribution in [-0.2, 0) is 0 Å². The van der Waals surface area contributed by atoms with Crippen molar-refractivity contribution in [1.29, 1.82) is 5.41 Å². The zero-order chi connectivity index (χ0) is 13.1.